The Bertz CT molecular complexity index is 1790. The van der Waals surface area contributed by atoms with E-state index in [-0.39, 0.29) is 39.7 Å². The van der Waals surface area contributed by atoms with Gasteiger partial charge in [-0.15, -0.1) is 0 Å². The predicted octanol–water partition coefficient (Wildman–Crippen LogP) is 14.3. The summed E-state index contributed by atoms with van der Waals surface area (Å²) in [6.07, 6.45) is 0. The van der Waals surface area contributed by atoms with E-state index in [4.69, 9.17) is 18.1 Å². The molecule has 52 heavy (non-hydrogen) atoms. The molecule has 4 nitrogen and oxygen atoms in total. The second kappa shape index (κ2) is 15.4. The molecule has 6 heteroatoms. The summed E-state index contributed by atoms with van der Waals surface area (Å²) in [5.74, 6) is 3.36. The Morgan fingerprint density at radius 2 is 0.712 bits per heavy atom. The lowest BCUT2D eigenvalue weighted by Gasteiger charge is -2.32. The van der Waals surface area contributed by atoms with Crippen LogP contribution in [-0.4, -0.2) is 0 Å². The predicted molar refractivity (Wildman–Crippen MR) is 227 cm³/mol. The zero-order valence-corrected chi connectivity index (χ0v) is 37.3. The first-order valence-electron chi connectivity index (χ1n) is 18.5. The van der Waals surface area contributed by atoms with Gasteiger partial charge < -0.3 is 18.1 Å². The molecule has 0 aromatic heterocycles. The van der Waals surface area contributed by atoms with Gasteiger partial charge in [0.05, 0.1) is 0 Å². The average Bonchev–Trinajstić information content (AvgIpc) is 2.99. The molecule has 0 N–H and O–H groups in total. The van der Waals surface area contributed by atoms with Crippen molar-refractivity contribution >= 4 is 18.1 Å². The molecule has 0 aliphatic rings. The molecule has 4 aromatic carbocycles. The maximum Gasteiger partial charge on any atom is 0.275 e. The maximum absolute atomic E-state index is 6.90. The molecule has 0 spiro atoms. The van der Waals surface area contributed by atoms with Crippen molar-refractivity contribution in [3.63, 3.8) is 0 Å². The van der Waals surface area contributed by atoms with Gasteiger partial charge in [0.15, 0.2) is 0 Å². The largest absolute Gasteiger partial charge is 0.440 e. The third kappa shape index (κ3) is 9.72. The fourth-order valence-corrected chi connectivity index (χ4v) is 7.58. The van der Waals surface area contributed by atoms with Crippen molar-refractivity contribution in [1.82, 2.24) is 0 Å². The van der Waals surface area contributed by atoms with Crippen LogP contribution in [0.5, 0.6) is 23.0 Å². The van der Waals surface area contributed by atoms with E-state index < -0.39 is 0 Å². The first-order chi connectivity index (χ1) is 23.8. The minimum absolute atomic E-state index is 0.108. The van der Waals surface area contributed by atoms with Crippen LogP contribution in [0, 0.1) is 41.5 Å². The second-order valence-electron chi connectivity index (χ2n) is 18.8. The SMILES string of the molecule is Cc1cc(C)c(C)c(OPOc2c(-c3cc(C(C)(C)C)cc(C(C)(C)C)c3OPOc3cc(C)cc(C)c3C)cc(C(C)(C)C)cc2C(C)(C)C)c1. The number of aryl methyl sites for hydroxylation is 4. The van der Waals surface area contributed by atoms with E-state index in [0.717, 1.165) is 56.4 Å². The topological polar surface area (TPSA) is 36.9 Å². The number of hydrogen-bond donors (Lipinski definition) is 0. The lowest BCUT2D eigenvalue weighted by molar-refractivity contribution is 0.483. The zero-order chi connectivity index (χ0) is 39.1. The van der Waals surface area contributed by atoms with Gasteiger partial charge in [-0.1, -0.05) is 107 Å². The van der Waals surface area contributed by atoms with E-state index in [9.17, 15) is 0 Å². The minimum Gasteiger partial charge on any atom is -0.440 e. The highest BCUT2D eigenvalue weighted by Crippen LogP contribution is 2.51. The third-order valence-corrected chi connectivity index (χ3v) is 11.1. The summed E-state index contributed by atoms with van der Waals surface area (Å²) in [6.45, 7) is 39.9. The van der Waals surface area contributed by atoms with Gasteiger partial charge in [-0.05, 0) is 132 Å². The summed E-state index contributed by atoms with van der Waals surface area (Å²) < 4.78 is 26.7. The summed E-state index contributed by atoms with van der Waals surface area (Å²) in [5.41, 5.74) is 13.1. The molecule has 0 amide bonds. The molecule has 0 aliphatic heterocycles. The molecule has 2 unspecified atom stereocenters. The Morgan fingerprint density at radius 3 is 1.00 bits per heavy atom. The van der Waals surface area contributed by atoms with Crippen LogP contribution in [0.25, 0.3) is 11.1 Å². The summed E-state index contributed by atoms with van der Waals surface area (Å²) >= 11 is 0. The first-order valence-corrected chi connectivity index (χ1v) is 20.1. The van der Waals surface area contributed by atoms with Gasteiger partial charge in [0.25, 0.3) is 18.1 Å². The molecule has 0 bridgehead atoms. The quantitative estimate of drug-likeness (QED) is 0.160. The number of benzene rings is 4. The molecular formula is C46H64O4P2. The molecule has 4 rings (SSSR count). The molecule has 0 fully saturated rings. The third-order valence-electron chi connectivity index (χ3n) is 9.93. The smallest absolute Gasteiger partial charge is 0.275 e. The van der Waals surface area contributed by atoms with Crippen molar-refractivity contribution in [3.05, 3.63) is 104 Å². The van der Waals surface area contributed by atoms with E-state index in [1.165, 1.54) is 33.4 Å². The van der Waals surface area contributed by atoms with E-state index in [1.807, 2.05) is 0 Å². The number of hydrogen-bond acceptors (Lipinski definition) is 4. The first kappa shape index (κ1) is 41.7. The van der Waals surface area contributed by atoms with Crippen LogP contribution in [0.15, 0.2) is 48.5 Å². The van der Waals surface area contributed by atoms with E-state index in [0.29, 0.717) is 0 Å². The highest BCUT2D eigenvalue weighted by Gasteiger charge is 2.32. The van der Waals surface area contributed by atoms with Gasteiger partial charge in [0, 0.05) is 22.3 Å². The minimum atomic E-state index is -0.240. The van der Waals surface area contributed by atoms with Crippen LogP contribution >= 0.6 is 18.1 Å². The van der Waals surface area contributed by atoms with Crippen molar-refractivity contribution in [2.24, 2.45) is 0 Å². The molecule has 0 aliphatic carbocycles. The molecule has 282 valence electrons. The molecule has 0 radical (unpaired) electrons. The molecule has 0 heterocycles. The monoisotopic (exact) mass is 742 g/mol. The Hall–Kier alpha value is -3.06. The normalized spacial score (nSPS) is 13.0. The van der Waals surface area contributed by atoms with E-state index >= 15 is 0 Å². The van der Waals surface area contributed by atoms with Crippen molar-refractivity contribution < 1.29 is 18.1 Å². The molecular weight excluding hydrogens is 678 g/mol. The lowest BCUT2D eigenvalue weighted by atomic mass is 9.75. The van der Waals surface area contributed by atoms with Crippen molar-refractivity contribution in [1.29, 1.82) is 0 Å². The van der Waals surface area contributed by atoms with Gasteiger partial charge in [0.2, 0.25) is 0 Å². The fraction of sp³-hybridized carbons (Fsp3) is 0.478. The standard InChI is InChI=1S/C46H64O4P2/c1-27-19-29(3)31(5)39(21-27)47-51-49-41-35(23-33(43(7,8)9)25-37(41)45(13,14)15)36-24-34(44(10,11)12)26-38(46(16,17)18)42(36)50-52-48-40-22-28(2)20-30(4)32(40)6/h19-26,51-52H,1-18H3. The van der Waals surface area contributed by atoms with Gasteiger partial charge in [-0.2, -0.15) is 0 Å². The number of rotatable bonds is 9. The van der Waals surface area contributed by atoms with Crippen molar-refractivity contribution in [3.8, 4) is 34.1 Å². The van der Waals surface area contributed by atoms with Crippen molar-refractivity contribution in [2.75, 3.05) is 0 Å². The summed E-state index contributed by atoms with van der Waals surface area (Å²) in [4.78, 5) is 0. The fourth-order valence-electron chi connectivity index (χ4n) is 6.29. The lowest BCUT2D eigenvalue weighted by Crippen LogP contribution is -2.19. The van der Waals surface area contributed by atoms with Gasteiger partial charge in [-0.25, -0.2) is 0 Å². The van der Waals surface area contributed by atoms with Crippen LogP contribution in [0.4, 0.5) is 0 Å². The van der Waals surface area contributed by atoms with Gasteiger partial charge in [-0.3, -0.25) is 0 Å². The van der Waals surface area contributed by atoms with Gasteiger partial charge in [0.1, 0.15) is 23.0 Å². The van der Waals surface area contributed by atoms with Crippen molar-refractivity contribution in [2.45, 2.75) is 146 Å². The van der Waals surface area contributed by atoms with E-state index in [1.54, 1.807) is 0 Å². The molecule has 2 atom stereocenters. The van der Waals surface area contributed by atoms with Gasteiger partial charge >= 0.3 is 0 Å². The van der Waals surface area contributed by atoms with Crippen LogP contribution in [0.3, 0.4) is 0 Å². The Kier molecular flexibility index (Phi) is 12.3. The summed E-state index contributed by atoms with van der Waals surface area (Å²) in [7, 11) is -0.480. The van der Waals surface area contributed by atoms with Crippen LogP contribution in [-0.2, 0) is 21.7 Å². The zero-order valence-electron chi connectivity index (χ0n) is 35.3. The maximum atomic E-state index is 6.90. The summed E-state index contributed by atoms with van der Waals surface area (Å²) in [5, 5.41) is 0. The Morgan fingerprint density at radius 1 is 0.385 bits per heavy atom. The average molecular weight is 743 g/mol. The highest BCUT2D eigenvalue weighted by molar-refractivity contribution is 7.27. The Labute approximate surface area is 319 Å². The highest BCUT2D eigenvalue weighted by atomic mass is 31.1. The second-order valence-corrected chi connectivity index (χ2v) is 19.9. The molecule has 0 saturated carbocycles. The summed E-state index contributed by atoms with van der Waals surface area (Å²) in [6, 6.07) is 17.9. The molecule has 4 aromatic rings. The van der Waals surface area contributed by atoms with Crippen LogP contribution in [0.2, 0.25) is 0 Å². The van der Waals surface area contributed by atoms with Crippen LogP contribution < -0.4 is 18.1 Å². The van der Waals surface area contributed by atoms with Crippen LogP contribution in [0.1, 0.15) is 139 Å². The molecule has 0 saturated heterocycles. The van der Waals surface area contributed by atoms with E-state index in [2.05, 4.69) is 173 Å². The Balaban J connectivity index is 2.00.